The van der Waals surface area contributed by atoms with Gasteiger partial charge in [-0.3, -0.25) is 0 Å². The van der Waals surface area contributed by atoms with Crippen LogP contribution in [0.2, 0.25) is 5.02 Å². The van der Waals surface area contributed by atoms with Gasteiger partial charge in [0.15, 0.2) is 0 Å². The highest BCUT2D eigenvalue weighted by molar-refractivity contribution is 6.31. The molecule has 0 aromatic heterocycles. The topological polar surface area (TPSA) is 86.7 Å². The number of benzene rings is 1. The molecule has 5 heteroatoms. The molecule has 1 aromatic rings. The average molecular weight is 246 g/mol. The van der Waals surface area contributed by atoms with E-state index in [9.17, 15) is 10.2 Å². The third-order valence-electron chi connectivity index (χ3n) is 2.49. The Balaban J connectivity index is 2.99. The van der Waals surface area contributed by atoms with Crippen LogP contribution in [0, 0.1) is 6.92 Å². The number of nitrogens with two attached hydrogens (primary N) is 1. The number of anilines is 1. The Kier molecular flexibility index (Phi) is 4.56. The van der Waals surface area contributed by atoms with Crippen molar-refractivity contribution >= 4 is 17.3 Å². The maximum absolute atomic E-state index is 9.83. The van der Waals surface area contributed by atoms with Gasteiger partial charge in [-0.05, 0) is 31.0 Å². The van der Waals surface area contributed by atoms with E-state index in [1.165, 1.54) is 0 Å². The van der Waals surface area contributed by atoms with Crippen molar-refractivity contribution in [1.82, 2.24) is 0 Å². The molecule has 5 N–H and O–H groups in total. The smallest absolute Gasteiger partial charge is 0.106 e. The molecule has 2 atom stereocenters. The molecule has 0 fully saturated rings. The van der Waals surface area contributed by atoms with Crippen LogP contribution in [0.5, 0.6) is 0 Å². The Hall–Kier alpha value is -0.810. The molecule has 90 valence electrons. The molecule has 1 rings (SSSR count). The first-order chi connectivity index (χ1) is 7.47. The van der Waals surface area contributed by atoms with E-state index < -0.39 is 12.2 Å². The molecule has 0 aliphatic rings. The predicted octanol–water partition coefficient (Wildman–Crippen LogP) is 1.01. The summed E-state index contributed by atoms with van der Waals surface area (Å²) in [5.41, 5.74) is 7.41. The number of hydrogen-bond acceptors (Lipinski definition) is 4. The van der Waals surface area contributed by atoms with Gasteiger partial charge in [-0.2, -0.15) is 0 Å². The third-order valence-corrected chi connectivity index (χ3v) is 2.82. The third kappa shape index (κ3) is 2.86. The summed E-state index contributed by atoms with van der Waals surface area (Å²) in [4.78, 5) is 0. The minimum atomic E-state index is -1.11. The standard InChI is InChI=1S/C11H16ClNO3/c1-6-4-7(8(12)5-9(6)13)11(16)10(15)2-3-14/h4-5,10-11,14-16H,2-3,13H2,1H3. The summed E-state index contributed by atoms with van der Waals surface area (Å²) in [7, 11) is 0. The van der Waals surface area contributed by atoms with Crippen molar-refractivity contribution in [3.05, 3.63) is 28.3 Å². The van der Waals surface area contributed by atoms with Crippen LogP contribution in [0.3, 0.4) is 0 Å². The molecule has 0 amide bonds. The van der Waals surface area contributed by atoms with E-state index in [2.05, 4.69) is 0 Å². The van der Waals surface area contributed by atoms with E-state index in [1.807, 2.05) is 0 Å². The lowest BCUT2D eigenvalue weighted by Gasteiger charge is -2.19. The van der Waals surface area contributed by atoms with Crippen LogP contribution in [-0.2, 0) is 0 Å². The first kappa shape index (κ1) is 13.3. The van der Waals surface area contributed by atoms with Crippen molar-refractivity contribution in [3.8, 4) is 0 Å². The van der Waals surface area contributed by atoms with Gasteiger partial charge in [0.05, 0.1) is 6.10 Å². The molecular formula is C11H16ClNO3. The summed E-state index contributed by atoms with van der Waals surface area (Å²) in [5.74, 6) is 0. The molecule has 0 aliphatic carbocycles. The van der Waals surface area contributed by atoms with Gasteiger partial charge in [0.25, 0.3) is 0 Å². The Morgan fingerprint density at radius 3 is 2.56 bits per heavy atom. The van der Waals surface area contributed by atoms with E-state index in [1.54, 1.807) is 19.1 Å². The molecule has 1 aromatic carbocycles. The molecule has 0 spiro atoms. The van der Waals surface area contributed by atoms with Crippen LogP contribution in [0.25, 0.3) is 0 Å². The maximum Gasteiger partial charge on any atom is 0.106 e. The second-order valence-electron chi connectivity index (χ2n) is 3.75. The number of aliphatic hydroxyl groups is 3. The van der Waals surface area contributed by atoms with Crippen LogP contribution >= 0.6 is 11.6 Å². The quantitative estimate of drug-likeness (QED) is 0.597. The Bertz CT molecular complexity index is 370. The molecule has 0 aliphatic heterocycles. The number of nitrogen functional groups attached to an aromatic ring is 1. The van der Waals surface area contributed by atoms with Crippen LogP contribution in [-0.4, -0.2) is 28.0 Å². The molecule has 0 heterocycles. The second-order valence-corrected chi connectivity index (χ2v) is 4.16. The molecule has 0 radical (unpaired) electrons. The lowest BCUT2D eigenvalue weighted by atomic mass is 10.00. The van der Waals surface area contributed by atoms with E-state index in [4.69, 9.17) is 22.4 Å². The zero-order valence-corrected chi connectivity index (χ0v) is 9.78. The van der Waals surface area contributed by atoms with E-state index >= 15 is 0 Å². The van der Waals surface area contributed by atoms with E-state index in [0.29, 0.717) is 16.3 Å². The fourth-order valence-corrected chi connectivity index (χ4v) is 1.73. The van der Waals surface area contributed by atoms with Gasteiger partial charge >= 0.3 is 0 Å². The zero-order valence-electron chi connectivity index (χ0n) is 9.02. The van der Waals surface area contributed by atoms with Gasteiger partial charge in [-0.15, -0.1) is 0 Å². The summed E-state index contributed by atoms with van der Waals surface area (Å²) in [6, 6.07) is 3.18. The molecule has 2 unspecified atom stereocenters. The van der Waals surface area contributed by atoms with Gasteiger partial charge < -0.3 is 21.1 Å². The maximum atomic E-state index is 9.83. The van der Waals surface area contributed by atoms with Crippen LogP contribution in [0.15, 0.2) is 12.1 Å². The van der Waals surface area contributed by atoms with Crippen molar-refractivity contribution in [3.63, 3.8) is 0 Å². The Morgan fingerprint density at radius 1 is 1.38 bits per heavy atom. The van der Waals surface area contributed by atoms with Gasteiger partial charge in [-0.25, -0.2) is 0 Å². The van der Waals surface area contributed by atoms with Crippen molar-refractivity contribution in [2.24, 2.45) is 0 Å². The summed E-state index contributed by atoms with van der Waals surface area (Å²) >= 11 is 5.93. The Labute approximate surface area is 99.3 Å². The van der Waals surface area contributed by atoms with Crippen molar-refractivity contribution < 1.29 is 15.3 Å². The molecule has 0 bridgehead atoms. The van der Waals surface area contributed by atoms with Crippen LogP contribution < -0.4 is 5.73 Å². The predicted molar refractivity (Wildman–Crippen MR) is 63.3 cm³/mol. The highest BCUT2D eigenvalue weighted by Crippen LogP contribution is 2.30. The van der Waals surface area contributed by atoms with Gasteiger partial charge in [-0.1, -0.05) is 11.6 Å². The fourth-order valence-electron chi connectivity index (χ4n) is 1.44. The molecular weight excluding hydrogens is 230 g/mol. The number of hydrogen-bond donors (Lipinski definition) is 4. The first-order valence-corrected chi connectivity index (χ1v) is 5.37. The number of aliphatic hydroxyl groups excluding tert-OH is 3. The number of aryl methyl sites for hydroxylation is 1. The zero-order chi connectivity index (χ0) is 12.3. The van der Waals surface area contributed by atoms with Crippen molar-refractivity contribution in [1.29, 1.82) is 0 Å². The van der Waals surface area contributed by atoms with Gasteiger partial charge in [0.2, 0.25) is 0 Å². The molecule has 16 heavy (non-hydrogen) atoms. The second kappa shape index (κ2) is 5.50. The molecule has 0 saturated heterocycles. The fraction of sp³-hybridized carbons (Fsp3) is 0.455. The monoisotopic (exact) mass is 245 g/mol. The molecule has 4 nitrogen and oxygen atoms in total. The van der Waals surface area contributed by atoms with Crippen LogP contribution in [0.1, 0.15) is 23.7 Å². The normalized spacial score (nSPS) is 14.8. The van der Waals surface area contributed by atoms with Gasteiger partial charge in [0.1, 0.15) is 6.10 Å². The van der Waals surface area contributed by atoms with E-state index in [-0.39, 0.29) is 13.0 Å². The van der Waals surface area contributed by atoms with Crippen LogP contribution in [0.4, 0.5) is 5.69 Å². The number of halogens is 1. The lowest BCUT2D eigenvalue weighted by molar-refractivity contribution is 0.00425. The summed E-state index contributed by atoms with van der Waals surface area (Å²) in [6.07, 6.45) is -2.05. The highest BCUT2D eigenvalue weighted by atomic mass is 35.5. The van der Waals surface area contributed by atoms with Crippen molar-refractivity contribution in [2.45, 2.75) is 25.6 Å². The number of rotatable bonds is 4. The van der Waals surface area contributed by atoms with E-state index in [0.717, 1.165) is 5.56 Å². The minimum absolute atomic E-state index is 0.0981. The Morgan fingerprint density at radius 2 is 2.00 bits per heavy atom. The van der Waals surface area contributed by atoms with Crippen molar-refractivity contribution in [2.75, 3.05) is 12.3 Å². The largest absolute Gasteiger partial charge is 0.398 e. The summed E-state index contributed by atoms with van der Waals surface area (Å²) < 4.78 is 0. The summed E-state index contributed by atoms with van der Waals surface area (Å²) in [6.45, 7) is 1.60. The first-order valence-electron chi connectivity index (χ1n) is 5.00. The highest BCUT2D eigenvalue weighted by Gasteiger charge is 2.20. The molecule has 0 saturated carbocycles. The minimum Gasteiger partial charge on any atom is -0.398 e. The van der Waals surface area contributed by atoms with Gasteiger partial charge in [0, 0.05) is 22.9 Å². The SMILES string of the molecule is Cc1cc(C(O)C(O)CCO)c(Cl)cc1N. The lowest BCUT2D eigenvalue weighted by Crippen LogP contribution is -2.20. The summed E-state index contributed by atoms with van der Waals surface area (Å²) in [5, 5.41) is 28.4. The average Bonchev–Trinajstić information content (AvgIpc) is 2.23.